The van der Waals surface area contributed by atoms with E-state index in [-0.39, 0.29) is 0 Å². The lowest BCUT2D eigenvalue weighted by atomic mass is 10.1. The van der Waals surface area contributed by atoms with Crippen molar-refractivity contribution < 1.29 is 9.47 Å². The second-order valence-corrected chi connectivity index (χ2v) is 4.60. The van der Waals surface area contributed by atoms with E-state index in [0.29, 0.717) is 38.3 Å². The molecule has 0 fully saturated rings. The van der Waals surface area contributed by atoms with E-state index in [0.717, 1.165) is 13.1 Å². The monoisotopic (exact) mass is 274 g/mol. The molecule has 2 aliphatic heterocycles. The molecule has 0 unspecified atom stereocenters. The van der Waals surface area contributed by atoms with Gasteiger partial charge in [-0.15, -0.1) is 0 Å². The summed E-state index contributed by atoms with van der Waals surface area (Å²) in [7, 11) is 0. The van der Waals surface area contributed by atoms with Crippen LogP contribution in [-0.4, -0.2) is 38.3 Å². The van der Waals surface area contributed by atoms with Crippen molar-refractivity contribution in [3.8, 4) is 0 Å². The Labute approximate surface area is 117 Å². The number of nitrogens with zero attached hydrogens (tertiary/aromatic N) is 2. The molecule has 0 saturated heterocycles. The second-order valence-electron chi connectivity index (χ2n) is 4.60. The molecule has 2 N–H and O–H groups in total. The molecular weight excluding hydrogens is 256 g/mol. The van der Waals surface area contributed by atoms with Crippen molar-refractivity contribution in [2.45, 2.75) is 13.1 Å². The Morgan fingerprint density at radius 2 is 1.45 bits per heavy atom. The van der Waals surface area contributed by atoms with Crippen molar-refractivity contribution in [1.29, 1.82) is 0 Å². The highest BCUT2D eigenvalue weighted by atomic mass is 16.5. The van der Waals surface area contributed by atoms with Crippen LogP contribution in [0.15, 0.2) is 34.3 Å². The third-order valence-corrected chi connectivity index (χ3v) is 3.05. The molecule has 6 heteroatoms. The van der Waals surface area contributed by atoms with E-state index < -0.39 is 0 Å². The lowest BCUT2D eigenvalue weighted by Gasteiger charge is -2.09. The zero-order chi connectivity index (χ0) is 13.6. The number of aliphatic imine (C=N–C) groups is 2. The average molecular weight is 274 g/mol. The van der Waals surface area contributed by atoms with Crippen LogP contribution in [0, 0.1) is 0 Å². The van der Waals surface area contributed by atoms with Crippen LogP contribution in [0.2, 0.25) is 0 Å². The van der Waals surface area contributed by atoms with Crippen molar-refractivity contribution in [2.24, 2.45) is 9.98 Å². The van der Waals surface area contributed by atoms with E-state index in [1.54, 1.807) is 0 Å². The van der Waals surface area contributed by atoms with Gasteiger partial charge in [0, 0.05) is 13.1 Å². The first kappa shape index (κ1) is 12.8. The fourth-order valence-corrected chi connectivity index (χ4v) is 2.09. The van der Waals surface area contributed by atoms with E-state index in [4.69, 9.17) is 9.47 Å². The topological polar surface area (TPSA) is 67.2 Å². The number of hydrogen-bond donors (Lipinski definition) is 2. The van der Waals surface area contributed by atoms with Crippen LogP contribution in [0.1, 0.15) is 11.1 Å². The zero-order valence-electron chi connectivity index (χ0n) is 11.3. The molecule has 0 bridgehead atoms. The minimum atomic E-state index is 0.641. The van der Waals surface area contributed by atoms with Crippen molar-refractivity contribution in [2.75, 3.05) is 26.3 Å². The predicted molar refractivity (Wildman–Crippen MR) is 76.6 cm³/mol. The molecule has 6 nitrogen and oxygen atoms in total. The predicted octanol–water partition coefficient (Wildman–Crippen LogP) is 0.638. The molecule has 0 amide bonds. The Balaban J connectivity index is 1.52. The molecule has 3 rings (SSSR count). The standard InChI is InChI=1S/C14H18N4O2/c1-2-11(9-17-13-15-4-6-19-13)8-12(3-1)10-18-14-16-5-7-20-14/h1-3,8H,4-7,9-10H2,(H,15,17)(H,16,18). The van der Waals surface area contributed by atoms with Crippen molar-refractivity contribution in [3.63, 3.8) is 0 Å². The molecular formula is C14H18N4O2. The summed E-state index contributed by atoms with van der Waals surface area (Å²) < 4.78 is 10.6. The van der Waals surface area contributed by atoms with Gasteiger partial charge in [0.25, 0.3) is 12.0 Å². The number of hydrogen-bond acceptors (Lipinski definition) is 6. The van der Waals surface area contributed by atoms with Gasteiger partial charge >= 0.3 is 0 Å². The Kier molecular flexibility index (Phi) is 4.01. The molecule has 0 atom stereocenters. The maximum Gasteiger partial charge on any atom is 0.285 e. The third-order valence-electron chi connectivity index (χ3n) is 3.05. The molecule has 20 heavy (non-hydrogen) atoms. The van der Waals surface area contributed by atoms with Gasteiger partial charge in [-0.1, -0.05) is 24.3 Å². The molecule has 1 aromatic rings. The van der Waals surface area contributed by atoms with Gasteiger partial charge in [-0.3, -0.25) is 0 Å². The highest BCUT2D eigenvalue weighted by Crippen LogP contribution is 2.06. The Bertz CT molecular complexity index is 484. The van der Waals surface area contributed by atoms with Crippen LogP contribution in [-0.2, 0) is 22.6 Å². The first-order chi connectivity index (χ1) is 9.90. The number of nitrogens with one attached hydrogen (secondary N) is 2. The second kappa shape index (κ2) is 6.27. The smallest absolute Gasteiger partial charge is 0.285 e. The molecule has 1 aromatic carbocycles. The molecule has 0 radical (unpaired) electrons. The molecule has 0 spiro atoms. The summed E-state index contributed by atoms with van der Waals surface area (Å²) in [6.45, 7) is 4.26. The van der Waals surface area contributed by atoms with Crippen LogP contribution < -0.4 is 10.6 Å². The van der Waals surface area contributed by atoms with E-state index >= 15 is 0 Å². The minimum absolute atomic E-state index is 0.641. The molecule has 0 aliphatic carbocycles. The fourth-order valence-electron chi connectivity index (χ4n) is 2.09. The maximum atomic E-state index is 5.31. The van der Waals surface area contributed by atoms with E-state index in [1.807, 2.05) is 6.07 Å². The number of benzene rings is 1. The Hall–Kier alpha value is -2.24. The van der Waals surface area contributed by atoms with Crippen LogP contribution >= 0.6 is 0 Å². The number of rotatable bonds is 4. The fraction of sp³-hybridized carbons (Fsp3) is 0.429. The van der Waals surface area contributed by atoms with E-state index in [2.05, 4.69) is 38.8 Å². The normalized spacial score (nSPS) is 17.0. The summed E-state index contributed by atoms with van der Waals surface area (Å²) in [5.41, 5.74) is 2.38. The van der Waals surface area contributed by atoms with Gasteiger partial charge in [-0.25, -0.2) is 9.98 Å². The lowest BCUT2D eigenvalue weighted by molar-refractivity contribution is 0.331. The van der Waals surface area contributed by atoms with Crippen molar-refractivity contribution in [3.05, 3.63) is 35.4 Å². The molecule has 0 aromatic heterocycles. The Morgan fingerprint density at radius 3 is 1.90 bits per heavy atom. The molecule has 2 heterocycles. The quantitative estimate of drug-likeness (QED) is 0.845. The van der Waals surface area contributed by atoms with Crippen LogP contribution in [0.25, 0.3) is 0 Å². The van der Waals surface area contributed by atoms with E-state index in [1.165, 1.54) is 11.1 Å². The van der Waals surface area contributed by atoms with Crippen LogP contribution in [0.3, 0.4) is 0 Å². The molecule has 0 saturated carbocycles. The largest absolute Gasteiger partial charge is 0.463 e. The van der Waals surface area contributed by atoms with E-state index in [9.17, 15) is 0 Å². The highest BCUT2D eigenvalue weighted by Gasteiger charge is 2.07. The first-order valence-electron chi connectivity index (χ1n) is 6.80. The van der Waals surface area contributed by atoms with Gasteiger partial charge in [0.15, 0.2) is 0 Å². The van der Waals surface area contributed by atoms with Crippen molar-refractivity contribution in [1.82, 2.24) is 10.6 Å². The summed E-state index contributed by atoms with van der Waals surface area (Å²) in [6, 6.07) is 9.63. The molecule has 2 aliphatic rings. The van der Waals surface area contributed by atoms with Gasteiger partial charge in [0.1, 0.15) is 13.2 Å². The van der Waals surface area contributed by atoms with Crippen LogP contribution in [0.4, 0.5) is 0 Å². The summed E-state index contributed by atoms with van der Waals surface area (Å²) in [6.07, 6.45) is 0. The first-order valence-corrected chi connectivity index (χ1v) is 6.80. The minimum Gasteiger partial charge on any atom is -0.463 e. The SMILES string of the molecule is c1cc(CNC2=NCCO2)cc(CNC2=NCCO2)c1. The number of ether oxygens (including phenoxy) is 2. The van der Waals surface area contributed by atoms with Gasteiger partial charge in [-0.2, -0.15) is 0 Å². The summed E-state index contributed by atoms with van der Waals surface area (Å²) in [4.78, 5) is 8.40. The van der Waals surface area contributed by atoms with Gasteiger partial charge in [0.2, 0.25) is 0 Å². The summed E-state index contributed by atoms with van der Waals surface area (Å²) in [5, 5.41) is 6.36. The summed E-state index contributed by atoms with van der Waals surface area (Å²) in [5.74, 6) is 0. The highest BCUT2D eigenvalue weighted by molar-refractivity contribution is 5.75. The lowest BCUT2D eigenvalue weighted by Crippen LogP contribution is -2.24. The number of amidine groups is 2. The van der Waals surface area contributed by atoms with Gasteiger partial charge in [0.05, 0.1) is 13.1 Å². The van der Waals surface area contributed by atoms with Gasteiger partial charge in [-0.05, 0) is 11.1 Å². The average Bonchev–Trinajstić information content (AvgIpc) is 3.17. The van der Waals surface area contributed by atoms with Crippen molar-refractivity contribution >= 4 is 12.0 Å². The van der Waals surface area contributed by atoms with Gasteiger partial charge < -0.3 is 20.1 Å². The zero-order valence-corrected chi connectivity index (χ0v) is 11.3. The molecule has 106 valence electrons. The maximum absolute atomic E-state index is 5.31. The third kappa shape index (κ3) is 3.40. The summed E-state index contributed by atoms with van der Waals surface area (Å²) >= 11 is 0. The van der Waals surface area contributed by atoms with Crippen LogP contribution in [0.5, 0.6) is 0 Å². The Morgan fingerprint density at radius 1 is 0.900 bits per heavy atom.